The molecule has 0 spiro atoms. The highest BCUT2D eigenvalue weighted by Gasteiger charge is 2.31. The first-order valence-electron chi connectivity index (χ1n) is 16.9. The van der Waals surface area contributed by atoms with Crippen molar-refractivity contribution in [1.82, 2.24) is 10.6 Å². The van der Waals surface area contributed by atoms with E-state index < -0.39 is 30.2 Å². The highest BCUT2D eigenvalue weighted by Crippen LogP contribution is 2.45. The summed E-state index contributed by atoms with van der Waals surface area (Å²) in [6.45, 7) is 4.26. The number of alkyl carbamates (subject to hydrolysis) is 2. The molecule has 0 fully saturated rings. The third kappa shape index (κ3) is 8.79. The molecule has 2 aliphatic rings. The molecule has 4 aromatic rings. The van der Waals surface area contributed by atoms with Crippen LogP contribution >= 0.6 is 0 Å². The summed E-state index contributed by atoms with van der Waals surface area (Å²) in [5.41, 5.74) is 8.89. The second kappa shape index (κ2) is 16.7. The Bertz CT molecular complexity index is 1770. The Morgan fingerprint density at radius 1 is 0.538 bits per heavy atom. The van der Waals surface area contributed by atoms with Gasteiger partial charge in [0, 0.05) is 24.7 Å². The van der Waals surface area contributed by atoms with Crippen LogP contribution < -0.4 is 10.6 Å². The Morgan fingerprint density at radius 3 is 1.15 bits per heavy atom. The van der Waals surface area contributed by atoms with Crippen LogP contribution in [0.3, 0.4) is 0 Å². The maximum Gasteiger partial charge on any atom is 0.407 e. The van der Waals surface area contributed by atoms with Gasteiger partial charge in [-0.15, -0.1) is 0 Å². The first-order valence-corrected chi connectivity index (χ1v) is 16.9. The van der Waals surface area contributed by atoms with Crippen molar-refractivity contribution in [3.63, 3.8) is 0 Å². The van der Waals surface area contributed by atoms with E-state index in [4.69, 9.17) is 14.6 Å². The fraction of sp³-hybridized carbons (Fsp3) is 0.268. The molecule has 0 bridgehead atoms. The lowest BCUT2D eigenvalue weighted by Crippen LogP contribution is -2.42. The Morgan fingerprint density at radius 2 is 0.846 bits per heavy atom. The van der Waals surface area contributed by atoms with Crippen molar-refractivity contribution >= 4 is 35.5 Å². The molecule has 0 saturated carbocycles. The number of carbonyl (C=O) groups is 6. The van der Waals surface area contributed by atoms with Gasteiger partial charge in [0.1, 0.15) is 30.8 Å². The number of nitrogens with one attached hydrogen (secondary N) is 2. The predicted octanol–water partition coefficient (Wildman–Crippen LogP) is 6.42. The number of carboxylic acid groups (broad SMARTS) is 1. The maximum absolute atomic E-state index is 12.1. The highest BCUT2D eigenvalue weighted by molar-refractivity contribution is 5.91. The number of hydrogen-bond acceptors (Lipinski definition) is 8. The number of carboxylic acids is 1. The van der Waals surface area contributed by atoms with Crippen molar-refractivity contribution in [2.45, 2.75) is 57.5 Å². The van der Waals surface area contributed by atoms with Crippen molar-refractivity contribution in [2.24, 2.45) is 0 Å². The molecule has 2 atom stereocenters. The Balaban J connectivity index is 0.000000201. The van der Waals surface area contributed by atoms with Gasteiger partial charge < -0.3 is 25.2 Å². The summed E-state index contributed by atoms with van der Waals surface area (Å²) in [6.07, 6.45) is -1.84. The zero-order chi connectivity index (χ0) is 37.4. The molecule has 11 heteroatoms. The molecule has 0 saturated heterocycles. The molecular weight excluding hydrogens is 664 g/mol. The predicted molar refractivity (Wildman–Crippen MR) is 193 cm³/mol. The Labute approximate surface area is 301 Å². The van der Waals surface area contributed by atoms with Gasteiger partial charge in [0.15, 0.2) is 5.78 Å². The van der Waals surface area contributed by atoms with Gasteiger partial charge in [-0.1, -0.05) is 97.1 Å². The largest absolute Gasteiger partial charge is 0.480 e. The van der Waals surface area contributed by atoms with Crippen molar-refractivity contribution in [2.75, 3.05) is 13.2 Å². The zero-order valence-electron chi connectivity index (χ0n) is 29.1. The van der Waals surface area contributed by atoms with Crippen LogP contribution in [0, 0.1) is 0 Å². The minimum atomic E-state index is -1.29. The maximum atomic E-state index is 12.1. The molecule has 52 heavy (non-hydrogen) atoms. The van der Waals surface area contributed by atoms with Crippen LogP contribution in [0.2, 0.25) is 0 Å². The van der Waals surface area contributed by atoms with E-state index >= 15 is 0 Å². The number of ether oxygens (including phenoxy) is 2. The van der Waals surface area contributed by atoms with Crippen molar-refractivity contribution in [3.05, 3.63) is 119 Å². The van der Waals surface area contributed by atoms with E-state index in [1.54, 1.807) is 0 Å². The average Bonchev–Trinajstić information content (AvgIpc) is 3.61. The molecule has 268 valence electrons. The Kier molecular flexibility index (Phi) is 12.0. The molecule has 0 aromatic heterocycles. The first kappa shape index (κ1) is 37.2. The minimum absolute atomic E-state index is 0.0282. The van der Waals surface area contributed by atoms with E-state index in [2.05, 4.69) is 22.8 Å². The Hall–Kier alpha value is -6.10. The van der Waals surface area contributed by atoms with E-state index in [-0.39, 0.29) is 55.2 Å². The third-order valence-corrected chi connectivity index (χ3v) is 9.04. The summed E-state index contributed by atoms with van der Waals surface area (Å²) in [5.74, 6) is -2.18. The van der Waals surface area contributed by atoms with Gasteiger partial charge in [0.05, 0.1) is 6.04 Å². The molecule has 0 radical (unpaired) electrons. The molecule has 3 N–H and O–H groups in total. The summed E-state index contributed by atoms with van der Waals surface area (Å²) in [5, 5.41) is 13.8. The number of fused-ring (bicyclic) bond motifs is 6. The van der Waals surface area contributed by atoms with Gasteiger partial charge in [-0.05, 0) is 65.3 Å². The molecule has 6 rings (SSSR count). The van der Waals surface area contributed by atoms with E-state index in [1.165, 1.54) is 20.8 Å². The van der Waals surface area contributed by atoms with Gasteiger partial charge in [-0.3, -0.25) is 14.4 Å². The van der Waals surface area contributed by atoms with Crippen LogP contribution in [0.25, 0.3) is 22.3 Å². The van der Waals surface area contributed by atoms with E-state index in [1.807, 2.05) is 84.9 Å². The highest BCUT2D eigenvalue weighted by atomic mass is 16.6. The lowest BCUT2D eigenvalue weighted by atomic mass is 9.98. The number of carbonyl (C=O) groups excluding carboxylic acids is 5. The minimum Gasteiger partial charge on any atom is -0.480 e. The number of ketones is 3. The average molecular weight is 705 g/mol. The number of aliphatic carboxylic acids is 1. The van der Waals surface area contributed by atoms with Crippen molar-refractivity contribution in [3.8, 4) is 22.3 Å². The summed E-state index contributed by atoms with van der Waals surface area (Å²) in [7, 11) is 0. The number of rotatable bonds is 12. The number of Topliss-reactive ketones (excluding diaryl/α,β-unsaturated/α-hetero) is 3. The summed E-state index contributed by atoms with van der Waals surface area (Å²) < 4.78 is 10.7. The smallest absolute Gasteiger partial charge is 0.407 e. The molecule has 0 heterocycles. The standard InChI is InChI=1S/C21H21NO4.C20H19NO5/c1-13(23)11-20(14(2)24)22-21(25)26-12-19-17-9-5-3-7-15(17)16-8-4-6-10-18(16)19;1-12(22)10-18(19(23)24)21-20(25)26-11-17-15-8-4-2-6-13(15)14-7-3-5-9-16(14)17/h3-10,19-20H,11-12H2,1-2H3,(H,22,25);2-9,17-18H,10-11H2,1H3,(H,21,25)(H,23,24). The lowest BCUT2D eigenvalue weighted by Gasteiger charge is -2.17. The van der Waals surface area contributed by atoms with Gasteiger partial charge in [0.2, 0.25) is 0 Å². The van der Waals surface area contributed by atoms with Crippen LogP contribution in [0.5, 0.6) is 0 Å². The second-order valence-corrected chi connectivity index (χ2v) is 12.8. The number of amides is 2. The van der Waals surface area contributed by atoms with Crippen LogP contribution in [0.15, 0.2) is 97.1 Å². The quantitative estimate of drug-likeness (QED) is 0.151. The fourth-order valence-electron chi connectivity index (χ4n) is 6.64. The van der Waals surface area contributed by atoms with Gasteiger partial charge >= 0.3 is 18.2 Å². The van der Waals surface area contributed by atoms with Gasteiger partial charge in [0.25, 0.3) is 0 Å². The van der Waals surface area contributed by atoms with Crippen LogP contribution in [-0.2, 0) is 28.7 Å². The fourth-order valence-corrected chi connectivity index (χ4v) is 6.64. The summed E-state index contributed by atoms with van der Waals surface area (Å²) >= 11 is 0. The monoisotopic (exact) mass is 704 g/mol. The molecule has 2 unspecified atom stereocenters. The molecule has 2 amide bonds. The van der Waals surface area contributed by atoms with Crippen molar-refractivity contribution in [1.29, 1.82) is 0 Å². The first-order chi connectivity index (χ1) is 24.9. The summed E-state index contributed by atoms with van der Waals surface area (Å²) in [6, 6.07) is 29.8. The van der Waals surface area contributed by atoms with Gasteiger partial charge in [-0.25, -0.2) is 14.4 Å². The van der Waals surface area contributed by atoms with E-state index in [0.29, 0.717) is 0 Å². The van der Waals surface area contributed by atoms with E-state index in [0.717, 1.165) is 44.5 Å². The molecule has 2 aliphatic carbocycles. The molecule has 11 nitrogen and oxygen atoms in total. The zero-order valence-corrected chi connectivity index (χ0v) is 29.1. The molecular formula is C41H40N2O9. The second-order valence-electron chi connectivity index (χ2n) is 12.8. The normalized spacial score (nSPS) is 13.4. The number of benzene rings is 4. The summed E-state index contributed by atoms with van der Waals surface area (Å²) in [4.78, 5) is 69.2. The van der Waals surface area contributed by atoms with Gasteiger partial charge in [-0.2, -0.15) is 0 Å². The van der Waals surface area contributed by atoms with Crippen LogP contribution in [0.1, 0.15) is 67.7 Å². The van der Waals surface area contributed by atoms with Crippen molar-refractivity contribution < 1.29 is 43.3 Å². The lowest BCUT2D eigenvalue weighted by molar-refractivity contribution is -0.141. The molecule has 4 aromatic carbocycles. The third-order valence-electron chi connectivity index (χ3n) is 9.04. The van der Waals surface area contributed by atoms with Crippen LogP contribution in [-0.4, -0.2) is 65.9 Å². The topological polar surface area (TPSA) is 165 Å². The number of hydrogen-bond donors (Lipinski definition) is 3. The SMILES string of the molecule is CC(=O)CC(NC(=O)OCC1c2ccccc2-c2ccccc21)C(=O)O.CC(=O)CC(NC(=O)OCC1c2ccccc2-c2ccccc21)C(C)=O. The molecule has 0 aliphatic heterocycles. The van der Waals surface area contributed by atoms with E-state index in [9.17, 15) is 28.8 Å². The van der Waals surface area contributed by atoms with Crippen LogP contribution in [0.4, 0.5) is 9.59 Å².